The molecular formula is C12H14. The van der Waals surface area contributed by atoms with Crippen molar-refractivity contribution in [1.82, 2.24) is 0 Å². The molecule has 0 unspecified atom stereocenters. The lowest BCUT2D eigenvalue weighted by Gasteiger charge is -2.24. The SMILES string of the molecule is Cc1c2c(cc3c1CC3)CCC2. The maximum absolute atomic E-state index is 2.47. The molecule has 0 bridgehead atoms. The molecule has 0 saturated heterocycles. The molecule has 0 aromatic heterocycles. The number of fused-ring (bicyclic) bond motifs is 2. The highest BCUT2D eigenvalue weighted by atomic mass is 14.3. The van der Waals surface area contributed by atoms with Crippen LogP contribution in [0.25, 0.3) is 0 Å². The minimum absolute atomic E-state index is 1.34. The number of aryl methyl sites for hydroxylation is 2. The molecule has 0 spiro atoms. The second-order valence-electron chi connectivity index (χ2n) is 4.13. The topological polar surface area (TPSA) is 0 Å². The Morgan fingerprint density at radius 1 is 0.917 bits per heavy atom. The van der Waals surface area contributed by atoms with E-state index in [9.17, 15) is 0 Å². The van der Waals surface area contributed by atoms with Gasteiger partial charge in [0.15, 0.2) is 0 Å². The van der Waals surface area contributed by atoms with E-state index >= 15 is 0 Å². The average Bonchev–Trinajstić information content (AvgIpc) is 2.43. The molecule has 1 aromatic carbocycles. The first-order chi connectivity index (χ1) is 5.86. The lowest BCUT2D eigenvalue weighted by Crippen LogP contribution is -2.12. The highest BCUT2D eigenvalue weighted by molar-refractivity contribution is 5.51. The van der Waals surface area contributed by atoms with E-state index < -0.39 is 0 Å². The van der Waals surface area contributed by atoms with Crippen LogP contribution < -0.4 is 0 Å². The fourth-order valence-electron chi connectivity index (χ4n) is 2.73. The summed E-state index contributed by atoms with van der Waals surface area (Å²) in [5.74, 6) is 0. The molecule has 0 amide bonds. The van der Waals surface area contributed by atoms with E-state index in [0.29, 0.717) is 0 Å². The van der Waals surface area contributed by atoms with Crippen molar-refractivity contribution >= 4 is 0 Å². The predicted octanol–water partition coefficient (Wildman–Crippen LogP) is 2.58. The number of hydrogen-bond donors (Lipinski definition) is 0. The molecule has 2 aliphatic carbocycles. The monoisotopic (exact) mass is 158 g/mol. The van der Waals surface area contributed by atoms with Crippen LogP contribution in [0.15, 0.2) is 6.07 Å². The average molecular weight is 158 g/mol. The van der Waals surface area contributed by atoms with Crippen molar-refractivity contribution in [2.75, 3.05) is 0 Å². The zero-order valence-electron chi connectivity index (χ0n) is 7.61. The van der Waals surface area contributed by atoms with E-state index in [0.717, 1.165) is 0 Å². The van der Waals surface area contributed by atoms with Gasteiger partial charge in [0.25, 0.3) is 0 Å². The summed E-state index contributed by atoms with van der Waals surface area (Å²) in [6.45, 7) is 2.32. The standard InChI is InChI=1S/C12H14/c1-8-11-4-2-3-9(11)7-10-5-6-12(8)10/h7H,2-6H2,1H3. The van der Waals surface area contributed by atoms with Crippen molar-refractivity contribution < 1.29 is 0 Å². The van der Waals surface area contributed by atoms with E-state index in [1.165, 1.54) is 32.1 Å². The van der Waals surface area contributed by atoms with Crippen molar-refractivity contribution in [3.05, 3.63) is 33.9 Å². The second-order valence-corrected chi connectivity index (χ2v) is 4.13. The first kappa shape index (κ1) is 6.71. The third kappa shape index (κ3) is 0.682. The molecule has 2 aliphatic rings. The summed E-state index contributed by atoms with van der Waals surface area (Å²) in [4.78, 5) is 0. The molecule has 0 radical (unpaired) electrons. The van der Waals surface area contributed by atoms with Crippen LogP contribution in [-0.4, -0.2) is 0 Å². The van der Waals surface area contributed by atoms with Crippen molar-refractivity contribution in [1.29, 1.82) is 0 Å². The van der Waals surface area contributed by atoms with Gasteiger partial charge in [-0.05, 0) is 66.8 Å². The van der Waals surface area contributed by atoms with Crippen molar-refractivity contribution in [3.63, 3.8) is 0 Å². The van der Waals surface area contributed by atoms with Gasteiger partial charge in [-0.3, -0.25) is 0 Å². The van der Waals surface area contributed by atoms with Gasteiger partial charge in [-0.25, -0.2) is 0 Å². The smallest absolute Gasteiger partial charge is 0.0233 e. The Bertz CT molecular complexity index is 348. The van der Waals surface area contributed by atoms with Gasteiger partial charge in [-0.2, -0.15) is 0 Å². The van der Waals surface area contributed by atoms with Gasteiger partial charge >= 0.3 is 0 Å². The van der Waals surface area contributed by atoms with E-state index in [1.807, 2.05) is 0 Å². The zero-order valence-corrected chi connectivity index (χ0v) is 7.61. The van der Waals surface area contributed by atoms with Gasteiger partial charge in [-0.15, -0.1) is 0 Å². The van der Waals surface area contributed by atoms with Crippen LogP contribution >= 0.6 is 0 Å². The summed E-state index contributed by atoms with van der Waals surface area (Å²) >= 11 is 0. The predicted molar refractivity (Wildman–Crippen MR) is 50.6 cm³/mol. The molecule has 0 nitrogen and oxygen atoms in total. The molecule has 0 aliphatic heterocycles. The Balaban J connectivity index is 2.29. The molecule has 62 valence electrons. The third-order valence-electron chi connectivity index (χ3n) is 3.55. The molecule has 0 heterocycles. The van der Waals surface area contributed by atoms with Crippen LogP contribution in [-0.2, 0) is 25.7 Å². The maximum Gasteiger partial charge on any atom is -0.0233 e. The molecule has 0 fully saturated rings. The minimum atomic E-state index is 1.34. The second kappa shape index (κ2) is 2.12. The van der Waals surface area contributed by atoms with Gasteiger partial charge < -0.3 is 0 Å². The molecular weight excluding hydrogens is 144 g/mol. The summed E-state index contributed by atoms with van der Waals surface area (Å²) in [7, 11) is 0. The molecule has 0 N–H and O–H groups in total. The van der Waals surface area contributed by atoms with Crippen LogP contribution in [0.3, 0.4) is 0 Å². The number of benzene rings is 1. The van der Waals surface area contributed by atoms with Gasteiger partial charge in [0.2, 0.25) is 0 Å². The van der Waals surface area contributed by atoms with Crippen LogP contribution in [0.5, 0.6) is 0 Å². The molecule has 0 atom stereocenters. The quantitative estimate of drug-likeness (QED) is 0.544. The van der Waals surface area contributed by atoms with E-state index in [4.69, 9.17) is 0 Å². The number of hydrogen-bond acceptors (Lipinski definition) is 0. The van der Waals surface area contributed by atoms with E-state index in [-0.39, 0.29) is 0 Å². The van der Waals surface area contributed by atoms with Crippen LogP contribution in [0, 0.1) is 6.92 Å². The Kier molecular flexibility index (Phi) is 1.19. The Morgan fingerprint density at radius 2 is 1.67 bits per heavy atom. The first-order valence-corrected chi connectivity index (χ1v) is 4.99. The Hall–Kier alpha value is -0.780. The minimum Gasteiger partial charge on any atom is -0.0552 e. The Morgan fingerprint density at radius 3 is 2.42 bits per heavy atom. The largest absolute Gasteiger partial charge is 0.0552 e. The van der Waals surface area contributed by atoms with Crippen molar-refractivity contribution in [2.24, 2.45) is 0 Å². The van der Waals surface area contributed by atoms with Gasteiger partial charge in [0.05, 0.1) is 0 Å². The van der Waals surface area contributed by atoms with Crippen molar-refractivity contribution in [3.8, 4) is 0 Å². The number of rotatable bonds is 0. The molecule has 12 heavy (non-hydrogen) atoms. The highest BCUT2D eigenvalue weighted by Gasteiger charge is 2.22. The summed E-state index contributed by atoms with van der Waals surface area (Å²) < 4.78 is 0. The zero-order chi connectivity index (χ0) is 8.13. The van der Waals surface area contributed by atoms with Gasteiger partial charge in [0.1, 0.15) is 0 Å². The lowest BCUT2D eigenvalue weighted by atomic mass is 9.81. The summed E-state index contributed by atoms with van der Waals surface area (Å²) in [6.07, 6.45) is 6.74. The van der Waals surface area contributed by atoms with Crippen LogP contribution in [0.2, 0.25) is 0 Å². The normalized spacial score (nSPS) is 18.4. The van der Waals surface area contributed by atoms with E-state index in [2.05, 4.69) is 13.0 Å². The fraction of sp³-hybridized carbons (Fsp3) is 0.500. The summed E-state index contributed by atoms with van der Waals surface area (Å²) in [5, 5.41) is 0. The fourth-order valence-corrected chi connectivity index (χ4v) is 2.73. The summed E-state index contributed by atoms with van der Waals surface area (Å²) in [6, 6.07) is 2.47. The molecule has 0 heteroatoms. The van der Waals surface area contributed by atoms with Crippen molar-refractivity contribution in [2.45, 2.75) is 39.0 Å². The van der Waals surface area contributed by atoms with E-state index in [1.54, 1.807) is 27.8 Å². The van der Waals surface area contributed by atoms with Gasteiger partial charge in [0, 0.05) is 0 Å². The third-order valence-corrected chi connectivity index (χ3v) is 3.55. The molecule has 0 saturated carbocycles. The molecule has 3 rings (SSSR count). The van der Waals surface area contributed by atoms with Crippen LogP contribution in [0.1, 0.15) is 34.2 Å². The Labute approximate surface area is 73.6 Å². The lowest BCUT2D eigenvalue weighted by molar-refractivity contribution is 0.820. The first-order valence-electron chi connectivity index (χ1n) is 4.99. The maximum atomic E-state index is 2.47. The summed E-state index contributed by atoms with van der Waals surface area (Å²) in [5.41, 5.74) is 8.30. The van der Waals surface area contributed by atoms with Crippen LogP contribution in [0.4, 0.5) is 0 Å². The highest BCUT2D eigenvalue weighted by Crippen LogP contribution is 2.35. The van der Waals surface area contributed by atoms with Gasteiger partial charge in [-0.1, -0.05) is 6.07 Å². The molecule has 1 aromatic rings.